The first-order valence-electron chi connectivity index (χ1n) is 5.88. The van der Waals surface area contributed by atoms with Crippen LogP contribution in [0.2, 0.25) is 0 Å². The van der Waals surface area contributed by atoms with Gasteiger partial charge in [0.2, 0.25) is 0 Å². The number of hydrazine groups is 1. The number of anilines is 1. The SMILES string of the molecule is CC1CN(CC(=O)NN)c2ccc(CN)cc2O1. The second-order valence-electron chi connectivity index (χ2n) is 4.38. The summed E-state index contributed by atoms with van der Waals surface area (Å²) in [7, 11) is 0. The van der Waals surface area contributed by atoms with Crippen LogP contribution in [-0.4, -0.2) is 25.1 Å². The van der Waals surface area contributed by atoms with E-state index in [2.05, 4.69) is 5.43 Å². The number of fused-ring (bicyclic) bond motifs is 1. The molecule has 0 spiro atoms. The van der Waals surface area contributed by atoms with Gasteiger partial charge < -0.3 is 15.4 Å². The van der Waals surface area contributed by atoms with Gasteiger partial charge in [-0.05, 0) is 24.6 Å². The molecule has 0 saturated heterocycles. The van der Waals surface area contributed by atoms with E-state index in [1.807, 2.05) is 30.0 Å². The Hall–Kier alpha value is -1.79. The lowest BCUT2D eigenvalue weighted by Crippen LogP contribution is -2.45. The Labute approximate surface area is 106 Å². The third kappa shape index (κ3) is 2.55. The first-order valence-corrected chi connectivity index (χ1v) is 5.88. The number of carbonyl (C=O) groups is 1. The lowest BCUT2D eigenvalue weighted by atomic mass is 10.1. The van der Waals surface area contributed by atoms with E-state index in [-0.39, 0.29) is 18.6 Å². The Morgan fingerprint density at radius 3 is 3.06 bits per heavy atom. The number of nitrogens with one attached hydrogen (secondary N) is 1. The molecule has 1 aromatic carbocycles. The van der Waals surface area contributed by atoms with Gasteiger partial charge in [0.25, 0.3) is 5.91 Å². The van der Waals surface area contributed by atoms with Crippen molar-refractivity contribution in [2.24, 2.45) is 11.6 Å². The predicted molar refractivity (Wildman–Crippen MR) is 69.0 cm³/mol. The van der Waals surface area contributed by atoms with Crippen molar-refractivity contribution in [3.8, 4) is 5.75 Å². The van der Waals surface area contributed by atoms with Crippen LogP contribution >= 0.6 is 0 Å². The average Bonchev–Trinajstić information content (AvgIpc) is 2.37. The van der Waals surface area contributed by atoms with E-state index >= 15 is 0 Å². The molecule has 2 rings (SSSR count). The normalized spacial score (nSPS) is 17.9. The van der Waals surface area contributed by atoms with Gasteiger partial charge >= 0.3 is 0 Å². The molecular weight excluding hydrogens is 232 g/mol. The molecule has 1 aromatic rings. The lowest BCUT2D eigenvalue weighted by Gasteiger charge is -2.34. The molecule has 5 N–H and O–H groups in total. The Morgan fingerprint density at radius 1 is 1.61 bits per heavy atom. The molecule has 1 unspecified atom stereocenters. The summed E-state index contributed by atoms with van der Waals surface area (Å²) < 4.78 is 5.76. The number of amides is 1. The minimum Gasteiger partial charge on any atom is -0.487 e. The Balaban J connectivity index is 2.27. The summed E-state index contributed by atoms with van der Waals surface area (Å²) in [5.41, 5.74) is 9.65. The van der Waals surface area contributed by atoms with Crippen molar-refractivity contribution >= 4 is 11.6 Å². The quantitative estimate of drug-likeness (QED) is 0.390. The maximum atomic E-state index is 11.4. The molecule has 0 radical (unpaired) electrons. The molecule has 0 bridgehead atoms. The zero-order valence-corrected chi connectivity index (χ0v) is 10.3. The van der Waals surface area contributed by atoms with Crippen molar-refractivity contribution in [1.29, 1.82) is 0 Å². The molecule has 18 heavy (non-hydrogen) atoms. The standard InChI is InChI=1S/C12H18N4O2/c1-8-6-16(7-12(17)15-14)10-3-2-9(5-13)4-11(10)18-8/h2-4,8H,5-7,13-14H2,1H3,(H,15,17). The number of benzene rings is 1. The molecule has 0 saturated carbocycles. The summed E-state index contributed by atoms with van der Waals surface area (Å²) in [5, 5.41) is 0. The first kappa shape index (κ1) is 12.7. The van der Waals surface area contributed by atoms with Crippen LogP contribution in [0.3, 0.4) is 0 Å². The van der Waals surface area contributed by atoms with Crippen molar-refractivity contribution in [3.63, 3.8) is 0 Å². The van der Waals surface area contributed by atoms with Gasteiger partial charge in [-0.1, -0.05) is 6.07 Å². The highest BCUT2D eigenvalue weighted by atomic mass is 16.5. The van der Waals surface area contributed by atoms with E-state index in [1.165, 1.54) is 0 Å². The number of nitrogens with two attached hydrogens (primary N) is 2. The predicted octanol–water partition coefficient (Wildman–Crippen LogP) is -0.277. The first-order chi connectivity index (χ1) is 8.63. The molecule has 98 valence electrons. The minimum absolute atomic E-state index is 0.0242. The molecule has 6 nitrogen and oxygen atoms in total. The minimum atomic E-state index is -0.224. The van der Waals surface area contributed by atoms with Gasteiger partial charge in [-0.2, -0.15) is 0 Å². The highest BCUT2D eigenvalue weighted by Crippen LogP contribution is 2.33. The van der Waals surface area contributed by atoms with Crippen LogP contribution in [0.25, 0.3) is 0 Å². The summed E-state index contributed by atoms with van der Waals surface area (Å²) >= 11 is 0. The van der Waals surface area contributed by atoms with E-state index in [1.54, 1.807) is 0 Å². The second-order valence-corrected chi connectivity index (χ2v) is 4.38. The van der Waals surface area contributed by atoms with Gasteiger partial charge in [-0.15, -0.1) is 0 Å². The topological polar surface area (TPSA) is 93.6 Å². The van der Waals surface area contributed by atoms with E-state index in [0.717, 1.165) is 17.0 Å². The maximum absolute atomic E-state index is 11.4. The number of hydrogen-bond acceptors (Lipinski definition) is 5. The Kier molecular flexibility index (Phi) is 3.69. The van der Waals surface area contributed by atoms with Crippen LogP contribution in [-0.2, 0) is 11.3 Å². The molecule has 1 aliphatic heterocycles. The van der Waals surface area contributed by atoms with E-state index in [0.29, 0.717) is 13.1 Å². The fourth-order valence-corrected chi connectivity index (χ4v) is 2.07. The summed E-state index contributed by atoms with van der Waals surface area (Å²) in [6, 6.07) is 5.77. The Bertz CT molecular complexity index is 450. The van der Waals surface area contributed by atoms with Crippen LogP contribution in [0.5, 0.6) is 5.75 Å². The second kappa shape index (κ2) is 5.24. The van der Waals surface area contributed by atoms with Gasteiger partial charge in [0, 0.05) is 6.54 Å². The fraction of sp³-hybridized carbons (Fsp3) is 0.417. The lowest BCUT2D eigenvalue weighted by molar-refractivity contribution is -0.119. The maximum Gasteiger partial charge on any atom is 0.253 e. The van der Waals surface area contributed by atoms with E-state index in [4.69, 9.17) is 16.3 Å². The third-order valence-electron chi connectivity index (χ3n) is 2.90. The highest BCUT2D eigenvalue weighted by molar-refractivity contribution is 5.81. The molecule has 1 heterocycles. The molecule has 0 aliphatic carbocycles. The summed E-state index contributed by atoms with van der Waals surface area (Å²) in [4.78, 5) is 13.3. The smallest absolute Gasteiger partial charge is 0.253 e. The van der Waals surface area contributed by atoms with Crippen LogP contribution in [0, 0.1) is 0 Å². The monoisotopic (exact) mass is 250 g/mol. The number of hydrogen-bond donors (Lipinski definition) is 3. The zero-order chi connectivity index (χ0) is 13.1. The van der Waals surface area contributed by atoms with Gasteiger partial charge in [0.05, 0.1) is 18.8 Å². The molecule has 6 heteroatoms. The van der Waals surface area contributed by atoms with Crippen molar-refractivity contribution in [3.05, 3.63) is 23.8 Å². The van der Waals surface area contributed by atoms with Gasteiger partial charge in [0.15, 0.2) is 0 Å². The summed E-state index contributed by atoms with van der Waals surface area (Å²) in [5.74, 6) is 5.66. The van der Waals surface area contributed by atoms with Crippen molar-refractivity contribution in [1.82, 2.24) is 5.43 Å². The van der Waals surface area contributed by atoms with Gasteiger partial charge in [-0.3, -0.25) is 10.2 Å². The average molecular weight is 250 g/mol. The van der Waals surface area contributed by atoms with Crippen molar-refractivity contribution in [2.45, 2.75) is 19.6 Å². The molecular formula is C12H18N4O2. The Morgan fingerprint density at radius 2 is 2.39 bits per heavy atom. The fourth-order valence-electron chi connectivity index (χ4n) is 2.07. The molecule has 0 fully saturated rings. The van der Waals surface area contributed by atoms with Crippen molar-refractivity contribution < 1.29 is 9.53 Å². The molecule has 1 amide bonds. The molecule has 1 atom stereocenters. The zero-order valence-electron chi connectivity index (χ0n) is 10.3. The third-order valence-corrected chi connectivity index (χ3v) is 2.90. The summed E-state index contributed by atoms with van der Waals surface area (Å²) in [6.45, 7) is 3.31. The number of carbonyl (C=O) groups excluding carboxylic acids is 1. The van der Waals surface area contributed by atoms with Gasteiger partial charge in [-0.25, -0.2) is 5.84 Å². The van der Waals surface area contributed by atoms with E-state index < -0.39 is 0 Å². The molecule has 1 aliphatic rings. The van der Waals surface area contributed by atoms with Crippen LogP contribution in [0.4, 0.5) is 5.69 Å². The van der Waals surface area contributed by atoms with Crippen LogP contribution in [0.15, 0.2) is 18.2 Å². The summed E-state index contributed by atoms with van der Waals surface area (Å²) in [6.07, 6.45) is 0.0242. The van der Waals surface area contributed by atoms with Crippen LogP contribution in [0.1, 0.15) is 12.5 Å². The highest BCUT2D eigenvalue weighted by Gasteiger charge is 2.24. The number of ether oxygens (including phenoxy) is 1. The molecule has 0 aromatic heterocycles. The van der Waals surface area contributed by atoms with Gasteiger partial charge in [0.1, 0.15) is 11.9 Å². The number of rotatable bonds is 3. The van der Waals surface area contributed by atoms with Crippen molar-refractivity contribution in [2.75, 3.05) is 18.0 Å². The number of nitrogens with zero attached hydrogens (tertiary/aromatic N) is 1. The van der Waals surface area contributed by atoms with Crippen LogP contribution < -0.4 is 26.6 Å². The largest absolute Gasteiger partial charge is 0.487 e. The van der Waals surface area contributed by atoms with E-state index in [9.17, 15) is 4.79 Å².